The highest BCUT2D eigenvalue weighted by atomic mass is 35.5. The molecule has 27 heavy (non-hydrogen) atoms. The summed E-state index contributed by atoms with van der Waals surface area (Å²) in [7, 11) is 0. The fourth-order valence-corrected chi connectivity index (χ4v) is 3.09. The molecule has 2 aromatic heterocycles. The summed E-state index contributed by atoms with van der Waals surface area (Å²) in [5.74, 6) is -1.06. The number of halogens is 2. The van der Waals surface area contributed by atoms with Crippen molar-refractivity contribution in [3.8, 4) is 0 Å². The first-order valence-corrected chi connectivity index (χ1v) is 9.46. The number of rotatable bonds is 6. The van der Waals surface area contributed by atoms with Crippen molar-refractivity contribution < 1.29 is 18.7 Å². The van der Waals surface area contributed by atoms with Gasteiger partial charge in [0.2, 0.25) is 0 Å². The molecule has 1 aromatic carbocycles. The Hall–Kier alpha value is -2.29. The number of hydrogen-bond acceptors (Lipinski definition) is 7. The summed E-state index contributed by atoms with van der Waals surface area (Å²) in [6.07, 6.45) is 0.312. The maximum absolute atomic E-state index is 12.1. The minimum Gasteiger partial charge on any atom is -0.452 e. The second kappa shape index (κ2) is 8.60. The Labute approximate surface area is 168 Å². The molecular weight excluding hydrogens is 413 g/mol. The van der Waals surface area contributed by atoms with Gasteiger partial charge in [-0.25, -0.2) is 9.97 Å². The molecule has 10 heteroatoms. The number of nitrogens with one attached hydrogen (secondary N) is 1. The second-order valence-electron chi connectivity index (χ2n) is 5.34. The number of carbonyl (C=O) groups excluding carboxylic acids is 2. The number of aromatic nitrogens is 2. The van der Waals surface area contributed by atoms with E-state index in [2.05, 4.69) is 15.3 Å². The van der Waals surface area contributed by atoms with Crippen LogP contribution in [0.1, 0.15) is 6.92 Å². The van der Waals surface area contributed by atoms with Crippen molar-refractivity contribution in [2.24, 2.45) is 0 Å². The molecule has 1 N–H and O–H groups in total. The van der Waals surface area contributed by atoms with Crippen LogP contribution < -0.4 is 5.32 Å². The Morgan fingerprint density at radius 1 is 1.33 bits per heavy atom. The first-order valence-electron chi connectivity index (χ1n) is 7.72. The van der Waals surface area contributed by atoms with Crippen LogP contribution in [0.5, 0.6) is 0 Å². The summed E-state index contributed by atoms with van der Waals surface area (Å²) in [6, 6.07) is 8.71. The Bertz CT molecular complexity index is 962. The third kappa shape index (κ3) is 5.12. The van der Waals surface area contributed by atoms with Crippen molar-refractivity contribution in [2.75, 3.05) is 11.1 Å². The lowest BCUT2D eigenvalue weighted by atomic mass is 10.3. The van der Waals surface area contributed by atoms with Crippen molar-refractivity contribution in [2.45, 2.75) is 18.3 Å². The molecule has 0 aliphatic heterocycles. The van der Waals surface area contributed by atoms with Gasteiger partial charge in [0.05, 0.1) is 10.0 Å². The van der Waals surface area contributed by atoms with Gasteiger partial charge in [-0.2, -0.15) is 0 Å². The molecule has 140 valence electrons. The molecule has 3 rings (SSSR count). The quantitative estimate of drug-likeness (QED) is 0.467. The number of thioether (sulfide) groups is 1. The highest BCUT2D eigenvalue weighted by Gasteiger charge is 2.20. The van der Waals surface area contributed by atoms with Crippen molar-refractivity contribution in [1.82, 2.24) is 9.97 Å². The predicted octanol–water partition coefficient (Wildman–Crippen LogP) is 4.19. The lowest BCUT2D eigenvalue weighted by molar-refractivity contribution is -0.150. The normalized spacial score (nSPS) is 12.0. The van der Waals surface area contributed by atoms with E-state index in [0.717, 1.165) is 11.8 Å². The number of oxazole rings is 1. The average Bonchev–Trinajstić information content (AvgIpc) is 3.05. The molecule has 0 saturated carbocycles. The van der Waals surface area contributed by atoms with Gasteiger partial charge in [-0.15, -0.1) is 0 Å². The maximum atomic E-state index is 12.1. The van der Waals surface area contributed by atoms with Gasteiger partial charge in [-0.3, -0.25) is 9.59 Å². The van der Waals surface area contributed by atoms with Gasteiger partial charge in [0.15, 0.2) is 17.5 Å². The Morgan fingerprint density at radius 2 is 2.11 bits per heavy atom. The van der Waals surface area contributed by atoms with Gasteiger partial charge < -0.3 is 14.5 Å². The lowest BCUT2D eigenvalue weighted by Crippen LogP contribution is -2.30. The van der Waals surface area contributed by atoms with Gasteiger partial charge in [0.25, 0.3) is 11.1 Å². The number of hydrogen-bond donors (Lipinski definition) is 1. The lowest BCUT2D eigenvalue weighted by Gasteiger charge is -2.13. The predicted molar refractivity (Wildman–Crippen MR) is 103 cm³/mol. The number of nitrogens with zero attached hydrogens (tertiary/aromatic N) is 2. The molecule has 0 bridgehead atoms. The van der Waals surface area contributed by atoms with E-state index >= 15 is 0 Å². The molecule has 0 fully saturated rings. The van der Waals surface area contributed by atoms with Crippen LogP contribution in [0.15, 0.2) is 46.2 Å². The molecule has 3 aromatic rings. The van der Waals surface area contributed by atoms with E-state index in [1.165, 1.54) is 19.2 Å². The highest BCUT2D eigenvalue weighted by Crippen LogP contribution is 2.24. The van der Waals surface area contributed by atoms with Crippen LogP contribution in [0.4, 0.5) is 5.82 Å². The minimum absolute atomic E-state index is 0.0512. The summed E-state index contributed by atoms with van der Waals surface area (Å²) in [4.78, 5) is 32.2. The summed E-state index contributed by atoms with van der Waals surface area (Å²) in [5, 5.41) is 3.35. The highest BCUT2D eigenvalue weighted by molar-refractivity contribution is 7.99. The molecule has 0 unspecified atom stereocenters. The number of benzene rings is 1. The van der Waals surface area contributed by atoms with Crippen LogP contribution in [0, 0.1) is 0 Å². The van der Waals surface area contributed by atoms with Crippen molar-refractivity contribution in [1.29, 1.82) is 0 Å². The number of esters is 1. The molecule has 0 aliphatic rings. The van der Waals surface area contributed by atoms with Gasteiger partial charge in [0.1, 0.15) is 11.3 Å². The Balaban J connectivity index is 1.51. The summed E-state index contributed by atoms with van der Waals surface area (Å²) in [6.45, 7) is 1.45. The Morgan fingerprint density at radius 3 is 2.85 bits per heavy atom. The molecule has 7 nitrogen and oxygen atoms in total. The molecule has 0 saturated heterocycles. The molecular formula is C17H13Cl2N3O4S. The van der Waals surface area contributed by atoms with Crippen LogP contribution in [-0.4, -0.2) is 33.7 Å². The van der Waals surface area contributed by atoms with Crippen molar-refractivity contribution in [3.05, 3.63) is 46.6 Å². The Kier molecular flexibility index (Phi) is 6.20. The summed E-state index contributed by atoms with van der Waals surface area (Å²) in [5.41, 5.74) is 1.34. The number of pyridine rings is 1. The fourth-order valence-electron chi connectivity index (χ4n) is 2.04. The van der Waals surface area contributed by atoms with E-state index in [1.807, 2.05) is 18.2 Å². The molecule has 0 spiro atoms. The number of anilines is 1. The number of ether oxygens (including phenoxy) is 1. The topological polar surface area (TPSA) is 94.3 Å². The summed E-state index contributed by atoms with van der Waals surface area (Å²) < 4.78 is 10.6. The van der Waals surface area contributed by atoms with E-state index in [0.29, 0.717) is 21.3 Å². The van der Waals surface area contributed by atoms with Crippen LogP contribution in [0.25, 0.3) is 11.1 Å². The van der Waals surface area contributed by atoms with E-state index in [4.69, 9.17) is 32.4 Å². The zero-order chi connectivity index (χ0) is 19.4. The molecule has 0 aliphatic carbocycles. The third-order valence-electron chi connectivity index (χ3n) is 3.31. The van der Waals surface area contributed by atoms with Crippen molar-refractivity contribution in [3.63, 3.8) is 0 Å². The molecule has 0 radical (unpaired) electrons. The van der Waals surface area contributed by atoms with Gasteiger partial charge in [-0.05, 0) is 25.1 Å². The van der Waals surface area contributed by atoms with Crippen LogP contribution >= 0.6 is 35.0 Å². The van der Waals surface area contributed by atoms with Crippen LogP contribution in [0.2, 0.25) is 10.0 Å². The molecule has 1 atom stereocenters. The number of amides is 1. The fraction of sp³-hybridized carbons (Fsp3) is 0.176. The van der Waals surface area contributed by atoms with Gasteiger partial charge in [0, 0.05) is 6.20 Å². The SMILES string of the molecule is C[C@H](OC(=O)CSc1nc2ccccc2o1)C(=O)Nc1ncc(Cl)cc1Cl. The second-order valence-corrected chi connectivity index (χ2v) is 7.11. The number of fused-ring (bicyclic) bond motifs is 1. The largest absolute Gasteiger partial charge is 0.452 e. The average molecular weight is 426 g/mol. The maximum Gasteiger partial charge on any atom is 0.317 e. The molecule has 2 heterocycles. The van der Waals surface area contributed by atoms with Crippen LogP contribution in [0.3, 0.4) is 0 Å². The smallest absolute Gasteiger partial charge is 0.317 e. The zero-order valence-electron chi connectivity index (χ0n) is 13.9. The first-order chi connectivity index (χ1) is 12.9. The third-order valence-corrected chi connectivity index (χ3v) is 4.61. The minimum atomic E-state index is -1.03. The van der Waals surface area contributed by atoms with E-state index in [1.54, 1.807) is 6.07 Å². The monoisotopic (exact) mass is 425 g/mol. The van der Waals surface area contributed by atoms with Crippen molar-refractivity contribution >= 4 is 63.8 Å². The molecule has 1 amide bonds. The van der Waals surface area contributed by atoms with E-state index < -0.39 is 18.0 Å². The number of carbonyl (C=O) groups is 2. The van der Waals surface area contributed by atoms with E-state index in [-0.39, 0.29) is 16.6 Å². The van der Waals surface area contributed by atoms with E-state index in [9.17, 15) is 9.59 Å². The van der Waals surface area contributed by atoms with Gasteiger partial charge in [-0.1, -0.05) is 47.1 Å². The number of para-hydroxylation sites is 2. The van der Waals surface area contributed by atoms with Crippen LogP contribution in [-0.2, 0) is 14.3 Å². The van der Waals surface area contributed by atoms with Gasteiger partial charge >= 0.3 is 5.97 Å². The summed E-state index contributed by atoms with van der Waals surface area (Å²) >= 11 is 12.8. The standard InChI is InChI=1S/C17H13Cl2N3O4S/c1-9(16(24)22-15-11(19)6-10(18)7-20-15)25-14(23)8-27-17-21-12-4-2-3-5-13(12)26-17/h2-7,9H,8H2,1H3,(H,20,22,24)/t9-/m0/s1. The zero-order valence-corrected chi connectivity index (χ0v) is 16.3. The first kappa shape index (κ1) is 19.5.